The third kappa shape index (κ3) is 10.0. The van der Waals surface area contributed by atoms with Crippen LogP contribution >= 0.6 is 15.9 Å². The van der Waals surface area contributed by atoms with Crippen LogP contribution in [0.25, 0.3) is 0 Å². The number of pyridine rings is 1. The number of hydrogen-bond donors (Lipinski definition) is 2. The van der Waals surface area contributed by atoms with Crippen LogP contribution in [0.5, 0.6) is 0 Å². The number of carbonyl (C=O) groups is 3. The maximum atomic E-state index is 13.0. The van der Waals surface area contributed by atoms with Gasteiger partial charge in [-0.1, -0.05) is 13.8 Å². The standard InChI is InChI=1S/C21H32BrN3O5/c1-7-29-18(26)10-16(14-9-15(22)12-23-11-14)24-19(27)17(8-13(2)3)25-20(28)30-21(4,5)6/h9,11-13,16-17H,7-8,10H2,1-6H3,(H,24,27)(H,25,28)/t16-,17-/m0/s1. The van der Waals surface area contributed by atoms with Crippen molar-refractivity contribution in [1.29, 1.82) is 0 Å². The molecule has 1 rings (SSSR count). The van der Waals surface area contributed by atoms with Crippen LogP contribution in [0, 0.1) is 5.92 Å². The summed E-state index contributed by atoms with van der Waals surface area (Å²) in [6, 6.07) is 0.303. The van der Waals surface area contributed by atoms with Crippen LogP contribution in [0.1, 0.15) is 66.0 Å². The molecule has 0 saturated heterocycles. The van der Waals surface area contributed by atoms with E-state index in [0.717, 1.165) is 0 Å². The van der Waals surface area contributed by atoms with Crippen molar-refractivity contribution in [2.45, 2.75) is 72.1 Å². The van der Waals surface area contributed by atoms with E-state index in [1.165, 1.54) is 0 Å². The number of nitrogens with zero attached hydrogens (tertiary/aromatic N) is 1. The fourth-order valence-electron chi connectivity index (χ4n) is 2.68. The second-order valence-corrected chi connectivity index (χ2v) is 9.25. The number of carbonyl (C=O) groups excluding carboxylic acids is 3. The molecule has 2 amide bonds. The van der Waals surface area contributed by atoms with Gasteiger partial charge in [0.05, 0.1) is 19.1 Å². The van der Waals surface area contributed by atoms with Crippen LogP contribution in [0.3, 0.4) is 0 Å². The van der Waals surface area contributed by atoms with Crippen LogP contribution in [0.2, 0.25) is 0 Å². The maximum Gasteiger partial charge on any atom is 0.408 e. The van der Waals surface area contributed by atoms with Gasteiger partial charge < -0.3 is 20.1 Å². The Morgan fingerprint density at radius 1 is 1.17 bits per heavy atom. The summed E-state index contributed by atoms with van der Waals surface area (Å²) in [5, 5.41) is 5.49. The molecular weight excluding hydrogens is 454 g/mol. The van der Waals surface area contributed by atoms with Crippen molar-refractivity contribution < 1.29 is 23.9 Å². The number of esters is 1. The van der Waals surface area contributed by atoms with Gasteiger partial charge in [0.2, 0.25) is 5.91 Å². The molecule has 168 valence electrons. The molecule has 2 atom stereocenters. The van der Waals surface area contributed by atoms with Gasteiger partial charge >= 0.3 is 12.1 Å². The normalized spacial score (nSPS) is 13.3. The SMILES string of the molecule is CCOC(=O)C[C@H](NC(=O)[C@H](CC(C)C)NC(=O)OC(C)(C)C)c1cncc(Br)c1. The molecule has 0 aliphatic heterocycles. The lowest BCUT2D eigenvalue weighted by molar-refractivity contribution is -0.143. The predicted molar refractivity (Wildman–Crippen MR) is 117 cm³/mol. The zero-order valence-electron chi connectivity index (χ0n) is 18.5. The van der Waals surface area contributed by atoms with Crippen molar-refractivity contribution in [3.63, 3.8) is 0 Å². The van der Waals surface area contributed by atoms with Gasteiger partial charge in [-0.15, -0.1) is 0 Å². The quantitative estimate of drug-likeness (QED) is 0.513. The molecule has 0 bridgehead atoms. The summed E-state index contributed by atoms with van der Waals surface area (Å²) >= 11 is 3.35. The highest BCUT2D eigenvalue weighted by molar-refractivity contribution is 9.10. The Kier molecular flexibility index (Phi) is 10.2. The molecular formula is C21H32BrN3O5. The first-order chi connectivity index (χ1) is 13.9. The van der Waals surface area contributed by atoms with Crippen LogP contribution in [0.15, 0.2) is 22.9 Å². The number of hydrogen-bond acceptors (Lipinski definition) is 6. The molecule has 0 spiro atoms. The summed E-state index contributed by atoms with van der Waals surface area (Å²) in [6.07, 6.45) is 2.87. The molecule has 0 aliphatic rings. The molecule has 30 heavy (non-hydrogen) atoms. The first-order valence-electron chi connectivity index (χ1n) is 9.97. The Bertz CT molecular complexity index is 734. The third-order valence-corrected chi connectivity index (χ3v) is 4.27. The van der Waals surface area contributed by atoms with E-state index in [1.54, 1.807) is 46.2 Å². The van der Waals surface area contributed by atoms with E-state index in [4.69, 9.17) is 9.47 Å². The Hall–Kier alpha value is -2.16. The van der Waals surface area contributed by atoms with Crippen LogP contribution < -0.4 is 10.6 Å². The van der Waals surface area contributed by atoms with Crippen LogP contribution in [-0.4, -0.2) is 41.2 Å². The maximum absolute atomic E-state index is 13.0. The van der Waals surface area contributed by atoms with E-state index in [1.807, 2.05) is 13.8 Å². The topological polar surface area (TPSA) is 107 Å². The van der Waals surface area contributed by atoms with E-state index in [0.29, 0.717) is 16.5 Å². The number of halogens is 1. The monoisotopic (exact) mass is 485 g/mol. The summed E-state index contributed by atoms with van der Waals surface area (Å²) in [4.78, 5) is 41.4. The van der Waals surface area contributed by atoms with E-state index < -0.39 is 35.7 Å². The predicted octanol–water partition coefficient (Wildman–Crippen LogP) is 3.89. The van der Waals surface area contributed by atoms with Crippen LogP contribution in [0.4, 0.5) is 4.79 Å². The molecule has 0 aromatic carbocycles. The third-order valence-electron chi connectivity index (χ3n) is 3.84. The van der Waals surface area contributed by atoms with Gasteiger partial charge in [-0.3, -0.25) is 14.6 Å². The van der Waals surface area contributed by atoms with Gasteiger partial charge in [-0.05, 0) is 67.6 Å². The van der Waals surface area contributed by atoms with E-state index >= 15 is 0 Å². The van der Waals surface area contributed by atoms with Crippen molar-refractivity contribution in [3.8, 4) is 0 Å². The highest BCUT2D eigenvalue weighted by Gasteiger charge is 2.28. The molecule has 0 fully saturated rings. The minimum atomic E-state index is -0.815. The molecule has 2 N–H and O–H groups in total. The molecule has 0 unspecified atom stereocenters. The summed E-state index contributed by atoms with van der Waals surface area (Å²) in [7, 11) is 0. The van der Waals surface area contributed by atoms with Gasteiger partial charge in [-0.25, -0.2) is 4.79 Å². The number of alkyl carbamates (subject to hydrolysis) is 1. The van der Waals surface area contributed by atoms with Crippen molar-refractivity contribution >= 4 is 33.9 Å². The molecule has 8 nitrogen and oxygen atoms in total. The molecule has 0 saturated carbocycles. The zero-order chi connectivity index (χ0) is 22.9. The lowest BCUT2D eigenvalue weighted by Crippen LogP contribution is -2.49. The molecule has 1 aromatic rings. The molecule has 1 aromatic heterocycles. The minimum Gasteiger partial charge on any atom is -0.466 e. The van der Waals surface area contributed by atoms with Gasteiger partial charge in [-0.2, -0.15) is 0 Å². The summed E-state index contributed by atoms with van der Waals surface area (Å²) < 4.78 is 11.0. The molecule has 0 aliphatic carbocycles. The van der Waals surface area contributed by atoms with Crippen molar-refractivity contribution in [3.05, 3.63) is 28.5 Å². The zero-order valence-corrected chi connectivity index (χ0v) is 20.0. The summed E-state index contributed by atoms with van der Waals surface area (Å²) in [6.45, 7) is 11.1. The van der Waals surface area contributed by atoms with Gasteiger partial charge in [0, 0.05) is 16.9 Å². The van der Waals surface area contributed by atoms with Crippen LogP contribution in [-0.2, 0) is 19.1 Å². The van der Waals surface area contributed by atoms with Gasteiger partial charge in [0.1, 0.15) is 11.6 Å². The lowest BCUT2D eigenvalue weighted by Gasteiger charge is -2.26. The average molecular weight is 486 g/mol. The molecule has 0 radical (unpaired) electrons. The second kappa shape index (κ2) is 11.9. The number of aromatic nitrogens is 1. The Morgan fingerprint density at radius 3 is 2.37 bits per heavy atom. The average Bonchev–Trinajstić information content (AvgIpc) is 2.58. The lowest BCUT2D eigenvalue weighted by atomic mass is 10.0. The minimum absolute atomic E-state index is 0.0570. The fourth-order valence-corrected chi connectivity index (χ4v) is 3.07. The highest BCUT2D eigenvalue weighted by Crippen LogP contribution is 2.21. The summed E-state index contributed by atoms with van der Waals surface area (Å²) in [5.74, 6) is -0.709. The van der Waals surface area contributed by atoms with E-state index in [9.17, 15) is 14.4 Å². The van der Waals surface area contributed by atoms with Crippen molar-refractivity contribution in [1.82, 2.24) is 15.6 Å². The van der Waals surface area contributed by atoms with E-state index in [2.05, 4.69) is 31.5 Å². The smallest absolute Gasteiger partial charge is 0.408 e. The Morgan fingerprint density at radius 2 is 1.83 bits per heavy atom. The van der Waals surface area contributed by atoms with E-state index in [-0.39, 0.29) is 18.9 Å². The van der Waals surface area contributed by atoms with Gasteiger partial charge in [0.25, 0.3) is 0 Å². The number of amides is 2. The molecule has 1 heterocycles. The Labute approximate surface area is 186 Å². The highest BCUT2D eigenvalue weighted by atomic mass is 79.9. The largest absolute Gasteiger partial charge is 0.466 e. The Balaban J connectivity index is 3.02. The number of rotatable bonds is 9. The number of nitrogens with one attached hydrogen (secondary N) is 2. The first-order valence-corrected chi connectivity index (χ1v) is 10.8. The first kappa shape index (κ1) is 25.9. The second-order valence-electron chi connectivity index (χ2n) is 8.34. The van der Waals surface area contributed by atoms with Gasteiger partial charge in [0.15, 0.2) is 0 Å². The fraction of sp³-hybridized carbons (Fsp3) is 0.619. The summed E-state index contributed by atoms with van der Waals surface area (Å²) in [5.41, 5.74) is -0.0384. The van der Waals surface area contributed by atoms with Crippen molar-refractivity contribution in [2.75, 3.05) is 6.61 Å². The molecule has 9 heteroatoms. The van der Waals surface area contributed by atoms with Crippen molar-refractivity contribution in [2.24, 2.45) is 5.92 Å². The number of ether oxygens (including phenoxy) is 2.